The molecule has 1 rings (SSSR count). The zero-order chi connectivity index (χ0) is 24.7. The van der Waals surface area contributed by atoms with Gasteiger partial charge < -0.3 is 11.5 Å². The van der Waals surface area contributed by atoms with Gasteiger partial charge >= 0.3 is 0 Å². The fourth-order valence-electron chi connectivity index (χ4n) is 4.26. The van der Waals surface area contributed by atoms with Crippen LogP contribution in [0.2, 0.25) is 0 Å². The van der Waals surface area contributed by atoms with Crippen LogP contribution in [0.25, 0.3) is 0 Å². The normalized spacial score (nSPS) is 13.6. The molecule has 186 valence electrons. The molecule has 0 amide bonds. The number of rotatable bonds is 16. The summed E-state index contributed by atoms with van der Waals surface area (Å²) in [7, 11) is 0. The third-order valence-electron chi connectivity index (χ3n) is 6.03. The van der Waals surface area contributed by atoms with Gasteiger partial charge in [-0.2, -0.15) is 0 Å². The lowest BCUT2D eigenvalue weighted by atomic mass is 9.86. The number of unbranched alkanes of at least 4 members (excludes halogenated alkanes) is 1. The molecule has 0 spiro atoms. The van der Waals surface area contributed by atoms with Gasteiger partial charge in [-0.3, -0.25) is 4.99 Å². The molecule has 33 heavy (non-hydrogen) atoms. The third kappa shape index (κ3) is 13.4. The molecule has 1 atom stereocenters. The van der Waals surface area contributed by atoms with Crippen LogP contribution in [0.5, 0.6) is 0 Å². The minimum Gasteiger partial charge on any atom is -0.404 e. The lowest BCUT2D eigenvalue weighted by Gasteiger charge is -2.20. The topological polar surface area (TPSA) is 64.4 Å². The van der Waals surface area contributed by atoms with E-state index < -0.39 is 0 Å². The van der Waals surface area contributed by atoms with Crippen molar-refractivity contribution in [3.63, 3.8) is 0 Å². The van der Waals surface area contributed by atoms with Crippen LogP contribution in [-0.2, 0) is 12.8 Å². The Kier molecular flexibility index (Phi) is 13.9. The average Bonchev–Trinajstić information content (AvgIpc) is 2.75. The smallest absolute Gasteiger partial charge is 0.126 e. The number of aliphatic imine (C=N–C) groups is 1. The van der Waals surface area contributed by atoms with E-state index in [1.165, 1.54) is 6.42 Å². The van der Waals surface area contributed by atoms with Crippen molar-refractivity contribution in [2.45, 2.75) is 91.9 Å². The molecule has 0 bridgehead atoms. The highest BCUT2D eigenvalue weighted by Crippen LogP contribution is 2.26. The molecule has 0 fully saturated rings. The predicted molar refractivity (Wildman–Crippen MR) is 143 cm³/mol. The highest BCUT2D eigenvalue weighted by Gasteiger charge is 2.14. The van der Waals surface area contributed by atoms with Gasteiger partial charge in [0.05, 0.1) is 0 Å². The standard InChI is InChI=1S/C29H48FN3/c1-6-24(21-32)22-33-17-15-25(12-9-16-31)10-7-8-11-26-13-14-27(28(30)19-26)18-23(2)20-29(3,4)5/h13-14,19,21-22,25H,2,6-12,15-18,20,31-32H2,1,3-5H3/b24-21-,33-22?. The van der Waals surface area contributed by atoms with E-state index in [0.717, 1.165) is 86.7 Å². The lowest BCUT2D eigenvalue weighted by Crippen LogP contribution is -2.08. The van der Waals surface area contributed by atoms with Crippen LogP contribution in [-0.4, -0.2) is 19.3 Å². The molecule has 3 nitrogen and oxygen atoms in total. The van der Waals surface area contributed by atoms with Crippen LogP contribution in [0.1, 0.15) is 90.2 Å². The first kappa shape index (κ1) is 29.1. The van der Waals surface area contributed by atoms with E-state index in [-0.39, 0.29) is 11.2 Å². The predicted octanol–water partition coefficient (Wildman–Crippen LogP) is 7.14. The number of aryl methyl sites for hydroxylation is 1. The molecular formula is C29H48FN3. The molecule has 0 saturated carbocycles. The second-order valence-corrected chi connectivity index (χ2v) is 10.6. The van der Waals surface area contributed by atoms with Gasteiger partial charge in [0.2, 0.25) is 0 Å². The SMILES string of the molecule is C=C(Cc1ccc(CCCCC(CCCN)CCN=C/C(=C\N)CC)cc1F)CC(C)(C)C. The number of allylic oxidation sites excluding steroid dienone is 2. The molecule has 1 aromatic carbocycles. The monoisotopic (exact) mass is 457 g/mol. The molecule has 0 aliphatic carbocycles. The fraction of sp³-hybridized carbons (Fsp3) is 0.621. The summed E-state index contributed by atoms with van der Waals surface area (Å²) in [6.45, 7) is 14.4. The summed E-state index contributed by atoms with van der Waals surface area (Å²) >= 11 is 0. The molecule has 0 radical (unpaired) electrons. The summed E-state index contributed by atoms with van der Waals surface area (Å²) in [5.74, 6) is 0.546. The zero-order valence-electron chi connectivity index (χ0n) is 21.6. The van der Waals surface area contributed by atoms with Crippen molar-refractivity contribution >= 4 is 6.21 Å². The molecule has 0 aromatic heterocycles. The van der Waals surface area contributed by atoms with Gasteiger partial charge in [-0.05, 0) is 98.2 Å². The Balaban J connectivity index is 2.47. The molecule has 4 heteroatoms. The number of nitrogens with two attached hydrogens (primary N) is 2. The Morgan fingerprint density at radius 3 is 2.48 bits per heavy atom. The maximum atomic E-state index is 14.6. The summed E-state index contributed by atoms with van der Waals surface area (Å²) in [4.78, 5) is 4.54. The largest absolute Gasteiger partial charge is 0.404 e. The quantitative estimate of drug-likeness (QED) is 0.157. The number of hydrogen-bond acceptors (Lipinski definition) is 3. The first-order valence-corrected chi connectivity index (χ1v) is 12.7. The summed E-state index contributed by atoms with van der Waals surface area (Å²) in [5, 5.41) is 0. The Bertz CT molecular complexity index is 759. The Labute approximate surface area is 202 Å². The highest BCUT2D eigenvalue weighted by atomic mass is 19.1. The minimum absolute atomic E-state index is 0.0979. The van der Waals surface area contributed by atoms with E-state index in [2.05, 4.69) is 45.3 Å². The van der Waals surface area contributed by atoms with Gasteiger partial charge in [0.1, 0.15) is 5.82 Å². The van der Waals surface area contributed by atoms with E-state index in [0.29, 0.717) is 12.3 Å². The van der Waals surface area contributed by atoms with E-state index in [4.69, 9.17) is 11.5 Å². The molecular weight excluding hydrogens is 409 g/mol. The van der Waals surface area contributed by atoms with Crippen LogP contribution < -0.4 is 11.5 Å². The highest BCUT2D eigenvalue weighted by molar-refractivity contribution is 5.78. The zero-order valence-corrected chi connectivity index (χ0v) is 21.6. The van der Waals surface area contributed by atoms with Gasteiger partial charge in [-0.15, -0.1) is 0 Å². The second-order valence-electron chi connectivity index (χ2n) is 10.6. The summed E-state index contributed by atoms with van der Waals surface area (Å²) in [6.07, 6.45) is 13.6. The van der Waals surface area contributed by atoms with Crippen molar-refractivity contribution in [2.24, 2.45) is 27.8 Å². The first-order valence-electron chi connectivity index (χ1n) is 12.7. The van der Waals surface area contributed by atoms with Gasteiger partial charge in [0.25, 0.3) is 0 Å². The second kappa shape index (κ2) is 15.8. The van der Waals surface area contributed by atoms with Crippen molar-refractivity contribution in [3.8, 4) is 0 Å². The number of benzene rings is 1. The van der Waals surface area contributed by atoms with Gasteiger partial charge in [-0.25, -0.2) is 4.39 Å². The van der Waals surface area contributed by atoms with Gasteiger partial charge in [0, 0.05) is 12.8 Å². The van der Waals surface area contributed by atoms with E-state index in [1.54, 1.807) is 12.3 Å². The van der Waals surface area contributed by atoms with Crippen LogP contribution in [0, 0.1) is 17.2 Å². The summed E-state index contributed by atoms with van der Waals surface area (Å²) in [5.41, 5.74) is 15.5. The van der Waals surface area contributed by atoms with Crippen molar-refractivity contribution in [1.29, 1.82) is 0 Å². The molecule has 1 unspecified atom stereocenters. The lowest BCUT2D eigenvalue weighted by molar-refractivity contribution is 0.400. The Hall–Kier alpha value is -1.94. The van der Waals surface area contributed by atoms with E-state index >= 15 is 0 Å². The molecule has 4 N–H and O–H groups in total. The number of hydrogen-bond donors (Lipinski definition) is 2. The third-order valence-corrected chi connectivity index (χ3v) is 6.03. The maximum absolute atomic E-state index is 14.6. The van der Waals surface area contributed by atoms with Crippen LogP contribution >= 0.6 is 0 Å². The Morgan fingerprint density at radius 1 is 1.15 bits per heavy atom. The summed E-state index contributed by atoms with van der Waals surface area (Å²) < 4.78 is 14.6. The fourth-order valence-corrected chi connectivity index (χ4v) is 4.26. The molecule has 0 aliphatic heterocycles. The average molecular weight is 458 g/mol. The first-order chi connectivity index (χ1) is 15.7. The van der Waals surface area contributed by atoms with Crippen LogP contribution in [0.4, 0.5) is 4.39 Å². The van der Waals surface area contributed by atoms with Crippen LogP contribution in [0.3, 0.4) is 0 Å². The Morgan fingerprint density at radius 2 is 1.88 bits per heavy atom. The van der Waals surface area contributed by atoms with Crippen molar-refractivity contribution in [3.05, 3.63) is 59.1 Å². The van der Waals surface area contributed by atoms with Gasteiger partial charge in [0.15, 0.2) is 0 Å². The van der Waals surface area contributed by atoms with Crippen molar-refractivity contribution in [2.75, 3.05) is 13.1 Å². The molecule has 1 aromatic rings. The molecule has 0 saturated heterocycles. The van der Waals surface area contributed by atoms with E-state index in [1.807, 2.05) is 12.3 Å². The van der Waals surface area contributed by atoms with Crippen LogP contribution in [0.15, 0.2) is 47.1 Å². The summed E-state index contributed by atoms with van der Waals surface area (Å²) in [6, 6.07) is 5.75. The number of nitrogens with zero attached hydrogens (tertiary/aromatic N) is 1. The van der Waals surface area contributed by atoms with E-state index in [9.17, 15) is 4.39 Å². The van der Waals surface area contributed by atoms with Crippen molar-refractivity contribution < 1.29 is 4.39 Å². The molecule has 0 heterocycles. The molecule has 0 aliphatic rings. The van der Waals surface area contributed by atoms with Gasteiger partial charge in [-0.1, -0.05) is 64.8 Å². The maximum Gasteiger partial charge on any atom is 0.126 e. The number of halogens is 1. The minimum atomic E-state index is -0.0979. The van der Waals surface area contributed by atoms with Crippen molar-refractivity contribution in [1.82, 2.24) is 0 Å².